The number of nitrogen functional groups attached to an aromatic ring is 1. The van der Waals surface area contributed by atoms with Crippen molar-refractivity contribution in [1.29, 1.82) is 5.26 Å². The van der Waals surface area contributed by atoms with Gasteiger partial charge in [-0.05, 0) is 17.7 Å². The molecule has 1 aliphatic heterocycles. The lowest BCUT2D eigenvalue weighted by Gasteiger charge is -2.36. The number of ether oxygens (including phenoxy) is 1. The Bertz CT molecular complexity index is 1260. The van der Waals surface area contributed by atoms with Gasteiger partial charge in [-0.25, -0.2) is 4.79 Å². The van der Waals surface area contributed by atoms with Gasteiger partial charge in [0.15, 0.2) is 5.69 Å². The van der Waals surface area contributed by atoms with Gasteiger partial charge in [0.2, 0.25) is 0 Å². The monoisotopic (exact) mass is 460 g/mol. The number of nitriles is 1. The topological polar surface area (TPSA) is 131 Å². The van der Waals surface area contributed by atoms with Crippen LogP contribution in [0.2, 0.25) is 0 Å². The number of carbonyl (C=O) groups is 1. The molecular weight excluding hydrogens is 436 g/mol. The second-order valence-electron chi connectivity index (χ2n) is 7.96. The quantitative estimate of drug-likeness (QED) is 0.337. The summed E-state index contributed by atoms with van der Waals surface area (Å²) in [4.78, 5) is 28.1. The minimum Gasteiger partial charge on any atom is -0.464 e. The molecule has 0 aliphatic carbocycles. The van der Waals surface area contributed by atoms with E-state index in [1.807, 2.05) is 24.3 Å². The number of methoxy groups -OCH3 is 1. The lowest BCUT2D eigenvalue weighted by Crippen LogP contribution is -2.46. The van der Waals surface area contributed by atoms with Crippen molar-refractivity contribution in [1.82, 2.24) is 9.47 Å². The molecule has 0 bridgehead atoms. The second kappa shape index (κ2) is 9.64. The van der Waals surface area contributed by atoms with Gasteiger partial charge in [-0.2, -0.15) is 5.26 Å². The molecule has 4 rings (SSSR count). The Morgan fingerprint density at radius 3 is 2.50 bits per heavy atom. The van der Waals surface area contributed by atoms with Crippen LogP contribution in [0, 0.1) is 21.4 Å². The van der Waals surface area contributed by atoms with E-state index in [2.05, 4.69) is 21.9 Å². The van der Waals surface area contributed by atoms with Crippen molar-refractivity contribution in [3.8, 4) is 11.8 Å². The van der Waals surface area contributed by atoms with Crippen LogP contribution in [0.25, 0.3) is 5.69 Å². The Labute approximate surface area is 196 Å². The summed E-state index contributed by atoms with van der Waals surface area (Å²) in [5.41, 5.74) is 7.78. The van der Waals surface area contributed by atoms with E-state index in [9.17, 15) is 20.2 Å². The highest BCUT2D eigenvalue weighted by Crippen LogP contribution is 2.33. The molecule has 1 aliphatic rings. The fourth-order valence-corrected chi connectivity index (χ4v) is 4.17. The molecule has 1 aromatic heterocycles. The smallest absolute Gasteiger partial charge is 0.357 e. The summed E-state index contributed by atoms with van der Waals surface area (Å²) in [5.74, 6) is -0.784. The van der Waals surface area contributed by atoms with Gasteiger partial charge in [-0.3, -0.25) is 15.0 Å². The van der Waals surface area contributed by atoms with Crippen molar-refractivity contribution < 1.29 is 14.5 Å². The van der Waals surface area contributed by atoms with E-state index in [0.717, 1.165) is 38.4 Å². The van der Waals surface area contributed by atoms with E-state index >= 15 is 0 Å². The molecule has 0 atom stereocenters. The number of nitrogens with zero attached hydrogens (tertiary/aromatic N) is 5. The molecule has 34 heavy (non-hydrogen) atoms. The van der Waals surface area contributed by atoms with Crippen LogP contribution >= 0.6 is 0 Å². The van der Waals surface area contributed by atoms with Crippen molar-refractivity contribution in [2.75, 3.05) is 43.9 Å². The minimum absolute atomic E-state index is 0.0367. The molecule has 0 radical (unpaired) electrons. The summed E-state index contributed by atoms with van der Waals surface area (Å²) in [5, 5.41) is 21.2. The molecule has 10 nitrogen and oxygen atoms in total. The highest BCUT2D eigenvalue weighted by Gasteiger charge is 2.27. The van der Waals surface area contributed by atoms with Gasteiger partial charge in [0.05, 0.1) is 23.3 Å². The Kier molecular flexibility index (Phi) is 6.47. The summed E-state index contributed by atoms with van der Waals surface area (Å²) >= 11 is 0. The maximum Gasteiger partial charge on any atom is 0.357 e. The van der Waals surface area contributed by atoms with Crippen LogP contribution in [0.3, 0.4) is 0 Å². The van der Waals surface area contributed by atoms with E-state index < -0.39 is 10.9 Å². The second-order valence-corrected chi connectivity index (χ2v) is 7.96. The first-order chi connectivity index (χ1) is 16.4. The SMILES string of the molecule is COC(=O)c1c(N)c(C#N)cn1-c1cc(N2CCN(Cc3ccccc3)CC2)ccc1[N+](=O)[O-]. The molecule has 0 amide bonds. The number of nitro benzene ring substituents is 1. The summed E-state index contributed by atoms with van der Waals surface area (Å²) in [7, 11) is 1.19. The van der Waals surface area contributed by atoms with Gasteiger partial charge < -0.3 is 19.9 Å². The summed E-state index contributed by atoms with van der Waals surface area (Å²) in [6, 6.07) is 16.9. The highest BCUT2D eigenvalue weighted by molar-refractivity contribution is 5.96. The molecule has 0 saturated carbocycles. The van der Waals surface area contributed by atoms with Crippen molar-refractivity contribution in [2.45, 2.75) is 6.54 Å². The predicted molar refractivity (Wildman–Crippen MR) is 127 cm³/mol. The Hall–Kier alpha value is -4.36. The number of hydrogen-bond donors (Lipinski definition) is 1. The summed E-state index contributed by atoms with van der Waals surface area (Å²) in [6.45, 7) is 4.02. The first-order valence-corrected chi connectivity index (χ1v) is 10.7. The number of carbonyl (C=O) groups excluding carboxylic acids is 1. The number of piperazine rings is 1. The lowest BCUT2D eigenvalue weighted by molar-refractivity contribution is -0.384. The summed E-state index contributed by atoms with van der Waals surface area (Å²) < 4.78 is 6.08. The van der Waals surface area contributed by atoms with E-state index in [0.29, 0.717) is 0 Å². The molecule has 0 spiro atoms. The average Bonchev–Trinajstić information content (AvgIpc) is 3.20. The Morgan fingerprint density at radius 1 is 1.18 bits per heavy atom. The standard InChI is InChI=1S/C24H24N6O4/c1-34-24(31)23-22(26)18(14-25)16-29(23)21-13-19(7-8-20(21)30(32)33)28-11-9-27(10-12-28)15-17-5-3-2-4-6-17/h2-8,13,16H,9-12,15,26H2,1H3. The highest BCUT2D eigenvalue weighted by atomic mass is 16.6. The fourth-order valence-electron chi connectivity index (χ4n) is 4.17. The fraction of sp³-hybridized carbons (Fsp3) is 0.250. The van der Waals surface area contributed by atoms with Gasteiger partial charge in [-0.1, -0.05) is 30.3 Å². The third-order valence-corrected chi connectivity index (χ3v) is 5.95. The zero-order chi connectivity index (χ0) is 24.2. The van der Waals surface area contributed by atoms with Crippen molar-refractivity contribution >= 4 is 23.0 Å². The number of nitro groups is 1. The van der Waals surface area contributed by atoms with E-state index in [4.69, 9.17) is 10.5 Å². The molecule has 174 valence electrons. The lowest BCUT2D eigenvalue weighted by atomic mass is 10.1. The van der Waals surface area contributed by atoms with Crippen LogP contribution < -0.4 is 10.6 Å². The molecule has 2 heterocycles. The number of esters is 1. The minimum atomic E-state index is -0.784. The molecule has 10 heteroatoms. The molecular formula is C24H24N6O4. The van der Waals surface area contributed by atoms with E-state index in [1.165, 1.54) is 29.5 Å². The Balaban J connectivity index is 1.64. The van der Waals surface area contributed by atoms with E-state index in [-0.39, 0.29) is 28.3 Å². The molecule has 2 aromatic carbocycles. The van der Waals surface area contributed by atoms with Gasteiger partial charge in [-0.15, -0.1) is 0 Å². The van der Waals surface area contributed by atoms with Crippen LogP contribution in [0.15, 0.2) is 54.7 Å². The molecule has 0 unspecified atom stereocenters. The number of aromatic nitrogens is 1. The van der Waals surface area contributed by atoms with Gasteiger partial charge in [0.1, 0.15) is 11.8 Å². The average molecular weight is 460 g/mol. The molecule has 1 saturated heterocycles. The maximum absolute atomic E-state index is 12.4. The zero-order valence-electron chi connectivity index (χ0n) is 18.7. The van der Waals surface area contributed by atoms with E-state index in [1.54, 1.807) is 12.1 Å². The van der Waals surface area contributed by atoms with Crippen LogP contribution in [0.1, 0.15) is 21.6 Å². The largest absolute Gasteiger partial charge is 0.464 e. The zero-order valence-corrected chi connectivity index (χ0v) is 18.7. The van der Waals surface area contributed by atoms with Gasteiger partial charge in [0.25, 0.3) is 5.69 Å². The summed E-state index contributed by atoms with van der Waals surface area (Å²) in [6.07, 6.45) is 1.32. The number of benzene rings is 2. The number of anilines is 2. The third-order valence-electron chi connectivity index (χ3n) is 5.95. The molecule has 1 fully saturated rings. The van der Waals surface area contributed by atoms with Crippen LogP contribution in [-0.2, 0) is 11.3 Å². The normalized spacial score (nSPS) is 13.9. The van der Waals surface area contributed by atoms with Crippen LogP contribution in [0.5, 0.6) is 0 Å². The van der Waals surface area contributed by atoms with Crippen LogP contribution in [0.4, 0.5) is 17.1 Å². The number of rotatable bonds is 6. The van der Waals surface area contributed by atoms with Crippen molar-refractivity contribution in [3.63, 3.8) is 0 Å². The first-order valence-electron chi connectivity index (χ1n) is 10.7. The molecule has 3 aromatic rings. The van der Waals surface area contributed by atoms with Crippen LogP contribution in [-0.4, -0.2) is 53.6 Å². The van der Waals surface area contributed by atoms with Crippen molar-refractivity contribution in [3.05, 3.63) is 81.7 Å². The number of nitrogens with two attached hydrogens (primary N) is 1. The predicted octanol–water partition coefficient (Wildman–Crippen LogP) is 2.95. The van der Waals surface area contributed by atoms with Gasteiger partial charge in [0, 0.05) is 50.7 Å². The Morgan fingerprint density at radius 2 is 1.88 bits per heavy atom. The van der Waals surface area contributed by atoms with Gasteiger partial charge >= 0.3 is 5.97 Å². The first kappa shape index (κ1) is 22.8. The number of hydrogen-bond acceptors (Lipinski definition) is 8. The maximum atomic E-state index is 12.4. The third kappa shape index (κ3) is 4.42. The molecule has 2 N–H and O–H groups in total. The van der Waals surface area contributed by atoms with Crippen molar-refractivity contribution in [2.24, 2.45) is 0 Å².